The van der Waals surface area contributed by atoms with Gasteiger partial charge >= 0.3 is 0 Å². The molecule has 0 fully saturated rings. The van der Waals surface area contributed by atoms with Gasteiger partial charge in [-0.05, 0) is 24.8 Å². The summed E-state index contributed by atoms with van der Waals surface area (Å²) in [6.07, 6.45) is 2.69. The van der Waals surface area contributed by atoms with Gasteiger partial charge in [0.15, 0.2) is 0 Å². The molecule has 2 nitrogen and oxygen atoms in total. The second kappa shape index (κ2) is 5.91. The van der Waals surface area contributed by atoms with Gasteiger partial charge in [0.05, 0.1) is 5.75 Å². The van der Waals surface area contributed by atoms with Crippen molar-refractivity contribution in [2.24, 2.45) is 0 Å². The molecule has 0 bridgehead atoms. The van der Waals surface area contributed by atoms with Crippen LogP contribution in [0.5, 0.6) is 0 Å². The topological polar surface area (TPSA) is 34.1 Å². The Labute approximate surface area is 92.2 Å². The van der Waals surface area contributed by atoms with Crippen LogP contribution in [0.2, 0.25) is 0 Å². The highest BCUT2D eigenvalue weighted by molar-refractivity contribution is 7.91. The van der Waals surface area contributed by atoms with Crippen LogP contribution in [0.25, 0.3) is 0 Å². The van der Waals surface area contributed by atoms with Crippen molar-refractivity contribution in [3.8, 4) is 0 Å². The Morgan fingerprint density at radius 3 is 2.33 bits per heavy atom. The van der Waals surface area contributed by atoms with Crippen molar-refractivity contribution >= 4 is 9.84 Å². The predicted molar refractivity (Wildman–Crippen MR) is 63.7 cm³/mol. The summed E-state index contributed by atoms with van der Waals surface area (Å²) >= 11 is 0. The van der Waals surface area contributed by atoms with Gasteiger partial charge in [0.2, 0.25) is 0 Å². The van der Waals surface area contributed by atoms with Gasteiger partial charge in [-0.15, -0.1) is 0 Å². The lowest BCUT2D eigenvalue weighted by Gasteiger charge is -2.02. The molecule has 0 saturated heterocycles. The minimum absolute atomic E-state index is 0.262. The van der Waals surface area contributed by atoms with Crippen LogP contribution in [0.15, 0.2) is 30.3 Å². The highest BCUT2D eigenvalue weighted by Gasteiger charge is 2.05. The van der Waals surface area contributed by atoms with Crippen LogP contribution < -0.4 is 0 Å². The van der Waals surface area contributed by atoms with E-state index < -0.39 is 9.84 Å². The average molecular weight is 226 g/mol. The third kappa shape index (κ3) is 4.98. The van der Waals surface area contributed by atoms with Crippen LogP contribution >= 0.6 is 0 Å². The Kier molecular flexibility index (Phi) is 4.82. The Bertz CT molecular complexity index is 368. The molecule has 0 spiro atoms. The van der Waals surface area contributed by atoms with Gasteiger partial charge in [0, 0.05) is 5.75 Å². The zero-order chi connectivity index (χ0) is 11.1. The smallest absolute Gasteiger partial charge is 0.150 e. The molecule has 0 atom stereocenters. The van der Waals surface area contributed by atoms with Gasteiger partial charge in [-0.1, -0.05) is 37.3 Å². The van der Waals surface area contributed by atoms with Crippen molar-refractivity contribution in [1.82, 2.24) is 0 Å². The molecule has 0 radical (unpaired) electrons. The maximum Gasteiger partial charge on any atom is 0.150 e. The largest absolute Gasteiger partial charge is 0.229 e. The molecule has 0 amide bonds. The first-order chi connectivity index (χ1) is 7.14. The van der Waals surface area contributed by atoms with Crippen LogP contribution in [0.1, 0.15) is 25.3 Å². The van der Waals surface area contributed by atoms with Crippen molar-refractivity contribution in [3.05, 3.63) is 35.9 Å². The van der Waals surface area contributed by atoms with Crippen LogP contribution in [-0.2, 0) is 16.3 Å². The zero-order valence-corrected chi connectivity index (χ0v) is 9.96. The number of rotatable bonds is 6. The number of hydrogen-bond donors (Lipinski definition) is 0. The lowest BCUT2D eigenvalue weighted by Crippen LogP contribution is -2.08. The monoisotopic (exact) mass is 226 g/mol. The fourth-order valence-electron chi connectivity index (χ4n) is 1.44. The molecule has 0 aliphatic carbocycles. The van der Waals surface area contributed by atoms with Gasteiger partial charge < -0.3 is 0 Å². The molecule has 0 aliphatic heterocycles. The Balaban J connectivity index is 2.24. The molecule has 1 aromatic carbocycles. The maximum atomic E-state index is 11.2. The number of benzene rings is 1. The quantitative estimate of drug-likeness (QED) is 0.698. The molecule has 15 heavy (non-hydrogen) atoms. The molecule has 0 saturated carbocycles. The fourth-order valence-corrected chi connectivity index (χ4v) is 2.37. The lowest BCUT2D eigenvalue weighted by atomic mass is 10.1. The normalized spacial score (nSPS) is 11.5. The van der Waals surface area contributed by atoms with Crippen LogP contribution in [0.4, 0.5) is 0 Å². The molecule has 0 N–H and O–H groups in total. The molecule has 3 heteroatoms. The third-order valence-electron chi connectivity index (χ3n) is 2.45. The van der Waals surface area contributed by atoms with Crippen molar-refractivity contribution < 1.29 is 8.42 Å². The van der Waals surface area contributed by atoms with Crippen molar-refractivity contribution in [2.45, 2.75) is 26.2 Å². The summed E-state index contributed by atoms with van der Waals surface area (Å²) in [5, 5.41) is 0. The standard InChI is InChI=1S/C12H18O2S/c1-2-15(13,14)11-7-6-10-12-8-4-3-5-9-12/h3-5,8-9H,2,6-7,10-11H2,1H3. The first-order valence-corrected chi connectivity index (χ1v) is 7.20. The SMILES string of the molecule is CCS(=O)(=O)CCCCc1ccccc1. The van der Waals surface area contributed by atoms with Gasteiger partial charge in [-0.2, -0.15) is 0 Å². The Morgan fingerprint density at radius 2 is 1.73 bits per heavy atom. The number of unbranched alkanes of at least 4 members (excludes halogenated alkanes) is 1. The van der Waals surface area contributed by atoms with E-state index in [0.29, 0.717) is 5.75 Å². The van der Waals surface area contributed by atoms with Gasteiger partial charge in [0.25, 0.3) is 0 Å². The van der Waals surface area contributed by atoms with Gasteiger partial charge in [-0.3, -0.25) is 0 Å². The van der Waals surface area contributed by atoms with E-state index in [1.807, 2.05) is 18.2 Å². The highest BCUT2D eigenvalue weighted by Crippen LogP contribution is 2.05. The van der Waals surface area contributed by atoms with E-state index in [1.54, 1.807) is 6.92 Å². The van der Waals surface area contributed by atoms with Crippen LogP contribution in [-0.4, -0.2) is 19.9 Å². The third-order valence-corrected chi connectivity index (χ3v) is 4.24. The van der Waals surface area contributed by atoms with Crippen molar-refractivity contribution in [3.63, 3.8) is 0 Å². The molecule has 1 aromatic rings. The molecular weight excluding hydrogens is 208 g/mol. The number of aryl methyl sites for hydroxylation is 1. The van der Waals surface area contributed by atoms with E-state index in [-0.39, 0.29) is 5.75 Å². The molecule has 0 unspecified atom stereocenters. The molecule has 0 heterocycles. The van der Waals surface area contributed by atoms with Gasteiger partial charge in [0.1, 0.15) is 9.84 Å². The van der Waals surface area contributed by atoms with Crippen LogP contribution in [0.3, 0.4) is 0 Å². The molecule has 1 rings (SSSR count). The van der Waals surface area contributed by atoms with E-state index in [0.717, 1.165) is 19.3 Å². The molecule has 0 aromatic heterocycles. The fraction of sp³-hybridized carbons (Fsp3) is 0.500. The predicted octanol–water partition coefficient (Wildman–Crippen LogP) is 2.44. The molecular formula is C12H18O2S. The Hall–Kier alpha value is -0.830. The summed E-state index contributed by atoms with van der Waals surface area (Å²) in [6.45, 7) is 1.70. The summed E-state index contributed by atoms with van der Waals surface area (Å²) in [5.74, 6) is 0.592. The van der Waals surface area contributed by atoms with Crippen molar-refractivity contribution in [2.75, 3.05) is 11.5 Å². The van der Waals surface area contributed by atoms with E-state index >= 15 is 0 Å². The first-order valence-electron chi connectivity index (χ1n) is 5.38. The van der Waals surface area contributed by atoms with Crippen molar-refractivity contribution in [1.29, 1.82) is 0 Å². The second-order valence-electron chi connectivity index (χ2n) is 3.68. The summed E-state index contributed by atoms with van der Waals surface area (Å²) in [6, 6.07) is 10.2. The molecule has 84 valence electrons. The summed E-state index contributed by atoms with van der Waals surface area (Å²) in [5.41, 5.74) is 1.28. The van der Waals surface area contributed by atoms with E-state index in [1.165, 1.54) is 5.56 Å². The minimum Gasteiger partial charge on any atom is -0.229 e. The minimum atomic E-state index is -2.77. The second-order valence-corrected chi connectivity index (χ2v) is 6.15. The summed E-state index contributed by atoms with van der Waals surface area (Å²) in [4.78, 5) is 0. The molecule has 0 aliphatic rings. The average Bonchev–Trinajstić information content (AvgIpc) is 2.26. The summed E-state index contributed by atoms with van der Waals surface area (Å²) < 4.78 is 22.4. The number of sulfone groups is 1. The zero-order valence-electron chi connectivity index (χ0n) is 9.15. The van der Waals surface area contributed by atoms with Crippen LogP contribution in [0, 0.1) is 0 Å². The first kappa shape index (κ1) is 12.2. The van der Waals surface area contributed by atoms with Gasteiger partial charge in [-0.25, -0.2) is 8.42 Å². The van der Waals surface area contributed by atoms with E-state index in [4.69, 9.17) is 0 Å². The summed E-state index contributed by atoms with van der Waals surface area (Å²) in [7, 11) is -2.77. The van der Waals surface area contributed by atoms with E-state index in [9.17, 15) is 8.42 Å². The van der Waals surface area contributed by atoms with E-state index in [2.05, 4.69) is 12.1 Å². The Morgan fingerprint density at radius 1 is 1.07 bits per heavy atom. The maximum absolute atomic E-state index is 11.2. The number of hydrogen-bond acceptors (Lipinski definition) is 2. The lowest BCUT2D eigenvalue weighted by molar-refractivity contribution is 0.592. The highest BCUT2D eigenvalue weighted by atomic mass is 32.2.